The van der Waals surface area contributed by atoms with Crippen molar-refractivity contribution in [2.45, 2.75) is 26.2 Å². The van der Waals surface area contributed by atoms with Crippen LogP contribution in [-0.2, 0) is 10.2 Å². The molecule has 3 rings (SSSR count). The molecule has 0 unspecified atom stereocenters. The third-order valence-corrected chi connectivity index (χ3v) is 5.11. The monoisotopic (exact) mass is 393 g/mol. The lowest BCUT2D eigenvalue weighted by Crippen LogP contribution is -2.48. The Kier molecular flexibility index (Phi) is 6.01. The van der Waals surface area contributed by atoms with Gasteiger partial charge >= 0.3 is 0 Å². The number of hydrogen-bond donors (Lipinski definition) is 1. The summed E-state index contributed by atoms with van der Waals surface area (Å²) in [7, 11) is 0. The quantitative estimate of drug-likeness (QED) is 0.812. The molecular formula is C23H27N3O3. The van der Waals surface area contributed by atoms with E-state index < -0.39 is 0 Å². The van der Waals surface area contributed by atoms with Gasteiger partial charge in [0.15, 0.2) is 0 Å². The number of hydrogen-bond acceptors (Lipinski definition) is 3. The maximum absolute atomic E-state index is 12.8. The Labute approximate surface area is 171 Å². The van der Waals surface area contributed by atoms with Gasteiger partial charge in [-0.2, -0.15) is 0 Å². The second kappa shape index (κ2) is 8.47. The number of carbonyl (C=O) groups excluding carboxylic acids is 3. The number of amides is 3. The normalized spacial score (nSPS) is 14.4. The Bertz CT molecular complexity index is 910. The molecule has 1 aliphatic heterocycles. The first-order valence-corrected chi connectivity index (χ1v) is 9.79. The molecule has 1 aliphatic rings. The number of nitrogens with one attached hydrogen (secondary N) is 1. The van der Waals surface area contributed by atoms with Crippen LogP contribution >= 0.6 is 0 Å². The van der Waals surface area contributed by atoms with E-state index in [0.717, 1.165) is 17.7 Å². The molecule has 0 saturated carbocycles. The number of carbonyl (C=O) groups is 3. The van der Waals surface area contributed by atoms with Crippen molar-refractivity contribution in [2.24, 2.45) is 0 Å². The molecule has 0 bridgehead atoms. The van der Waals surface area contributed by atoms with Crippen LogP contribution < -0.4 is 5.32 Å². The molecule has 3 amide bonds. The molecule has 29 heavy (non-hydrogen) atoms. The third kappa shape index (κ3) is 4.83. The highest BCUT2D eigenvalue weighted by molar-refractivity contribution is 6.06. The number of benzene rings is 2. The molecule has 2 aromatic carbocycles. The van der Waals surface area contributed by atoms with Crippen molar-refractivity contribution in [1.82, 2.24) is 9.80 Å². The minimum atomic E-state index is -0.248. The Morgan fingerprint density at radius 3 is 2.24 bits per heavy atom. The van der Waals surface area contributed by atoms with Crippen LogP contribution in [0.4, 0.5) is 5.69 Å². The van der Waals surface area contributed by atoms with Crippen molar-refractivity contribution in [3.05, 3.63) is 65.2 Å². The molecule has 2 aromatic rings. The molecular weight excluding hydrogens is 366 g/mol. The molecule has 0 aromatic heterocycles. The fourth-order valence-electron chi connectivity index (χ4n) is 3.45. The molecule has 1 heterocycles. The van der Waals surface area contributed by atoms with E-state index in [1.54, 1.807) is 34.1 Å². The fourth-order valence-corrected chi connectivity index (χ4v) is 3.45. The molecule has 0 radical (unpaired) electrons. The van der Waals surface area contributed by atoms with Gasteiger partial charge < -0.3 is 15.1 Å². The molecule has 0 spiro atoms. The third-order valence-electron chi connectivity index (χ3n) is 5.11. The standard InChI is InChI=1S/C23H27N3O3/c1-23(2,3)19-9-4-5-10-20(19)24-21(28)17-7-6-8-18(15-17)22(29)26-13-11-25(16-27)12-14-26/h4-10,15-16H,11-14H2,1-3H3,(H,24,28). The molecule has 152 valence electrons. The molecule has 0 aliphatic carbocycles. The van der Waals surface area contributed by atoms with Crippen LogP contribution in [0, 0.1) is 0 Å². The predicted molar refractivity (Wildman–Crippen MR) is 113 cm³/mol. The van der Waals surface area contributed by atoms with Crippen LogP contribution in [0.25, 0.3) is 0 Å². The first kappa shape index (κ1) is 20.6. The number of para-hydroxylation sites is 1. The van der Waals surface area contributed by atoms with Crippen LogP contribution in [0.5, 0.6) is 0 Å². The number of nitrogens with zero attached hydrogens (tertiary/aromatic N) is 2. The molecule has 1 saturated heterocycles. The summed E-state index contributed by atoms with van der Waals surface area (Å²) in [5.74, 6) is -0.373. The van der Waals surface area contributed by atoms with Crippen LogP contribution in [0.15, 0.2) is 48.5 Å². The van der Waals surface area contributed by atoms with Crippen LogP contribution in [-0.4, -0.2) is 54.2 Å². The zero-order valence-corrected chi connectivity index (χ0v) is 17.1. The summed E-state index contributed by atoms with van der Waals surface area (Å²) in [6.45, 7) is 8.34. The average molecular weight is 393 g/mol. The van der Waals surface area contributed by atoms with Crippen LogP contribution in [0.1, 0.15) is 47.1 Å². The first-order valence-electron chi connectivity index (χ1n) is 9.79. The minimum Gasteiger partial charge on any atom is -0.342 e. The summed E-state index contributed by atoms with van der Waals surface area (Å²) in [6, 6.07) is 14.5. The number of piperazine rings is 1. The summed E-state index contributed by atoms with van der Waals surface area (Å²) in [4.78, 5) is 39.9. The van der Waals surface area contributed by atoms with Gasteiger partial charge in [0.2, 0.25) is 6.41 Å². The van der Waals surface area contributed by atoms with E-state index in [1.165, 1.54) is 0 Å². The van der Waals surface area contributed by atoms with Crippen molar-refractivity contribution >= 4 is 23.9 Å². The Hall–Kier alpha value is -3.15. The summed E-state index contributed by atoms with van der Waals surface area (Å²) >= 11 is 0. The molecule has 6 nitrogen and oxygen atoms in total. The topological polar surface area (TPSA) is 69.7 Å². The maximum atomic E-state index is 12.8. The Morgan fingerprint density at radius 2 is 1.59 bits per heavy atom. The van der Waals surface area contributed by atoms with Gasteiger partial charge in [-0.25, -0.2) is 0 Å². The van der Waals surface area contributed by atoms with Crippen molar-refractivity contribution in [3.63, 3.8) is 0 Å². The summed E-state index contributed by atoms with van der Waals surface area (Å²) in [6.07, 6.45) is 0.808. The van der Waals surface area contributed by atoms with Gasteiger partial charge in [-0.1, -0.05) is 45.0 Å². The highest BCUT2D eigenvalue weighted by atomic mass is 16.2. The summed E-state index contributed by atoms with van der Waals surface area (Å²) in [5.41, 5.74) is 2.62. The highest BCUT2D eigenvalue weighted by Gasteiger charge is 2.23. The second-order valence-corrected chi connectivity index (χ2v) is 8.26. The van der Waals surface area contributed by atoms with E-state index >= 15 is 0 Å². The summed E-state index contributed by atoms with van der Waals surface area (Å²) < 4.78 is 0. The van der Waals surface area contributed by atoms with Crippen LogP contribution in [0.2, 0.25) is 0 Å². The molecule has 6 heteroatoms. The zero-order valence-electron chi connectivity index (χ0n) is 17.1. The SMILES string of the molecule is CC(C)(C)c1ccccc1NC(=O)c1cccc(C(=O)N2CCN(C=O)CC2)c1. The predicted octanol–water partition coefficient (Wildman–Crippen LogP) is 3.15. The molecule has 1 fully saturated rings. The Balaban J connectivity index is 1.75. The lowest BCUT2D eigenvalue weighted by molar-refractivity contribution is -0.119. The minimum absolute atomic E-state index is 0.106. The van der Waals surface area contributed by atoms with Crippen LogP contribution in [0.3, 0.4) is 0 Å². The van der Waals surface area contributed by atoms with Crippen molar-refractivity contribution in [1.29, 1.82) is 0 Å². The van der Waals surface area contributed by atoms with Crippen molar-refractivity contribution in [2.75, 3.05) is 31.5 Å². The molecule has 0 atom stereocenters. The number of anilines is 1. The van der Waals surface area contributed by atoms with E-state index in [2.05, 4.69) is 26.1 Å². The van der Waals surface area contributed by atoms with E-state index in [4.69, 9.17) is 0 Å². The second-order valence-electron chi connectivity index (χ2n) is 8.26. The van der Waals surface area contributed by atoms with E-state index in [-0.39, 0.29) is 17.2 Å². The lowest BCUT2D eigenvalue weighted by atomic mass is 9.86. The average Bonchev–Trinajstić information content (AvgIpc) is 2.73. The van der Waals surface area contributed by atoms with Crippen molar-refractivity contribution < 1.29 is 14.4 Å². The lowest BCUT2D eigenvalue weighted by Gasteiger charge is -2.32. The Morgan fingerprint density at radius 1 is 0.931 bits per heavy atom. The van der Waals surface area contributed by atoms with Gasteiger partial charge in [-0.05, 0) is 35.2 Å². The van der Waals surface area contributed by atoms with Gasteiger partial charge in [0, 0.05) is 43.0 Å². The smallest absolute Gasteiger partial charge is 0.255 e. The summed E-state index contributed by atoms with van der Waals surface area (Å²) in [5, 5.41) is 2.98. The van der Waals surface area contributed by atoms with E-state index in [9.17, 15) is 14.4 Å². The highest BCUT2D eigenvalue weighted by Crippen LogP contribution is 2.29. The van der Waals surface area contributed by atoms with Crippen molar-refractivity contribution in [3.8, 4) is 0 Å². The van der Waals surface area contributed by atoms with E-state index in [1.807, 2.05) is 24.3 Å². The van der Waals surface area contributed by atoms with Gasteiger partial charge in [-0.15, -0.1) is 0 Å². The van der Waals surface area contributed by atoms with Gasteiger partial charge in [0.1, 0.15) is 0 Å². The molecule has 1 N–H and O–H groups in total. The number of rotatable bonds is 4. The van der Waals surface area contributed by atoms with E-state index in [0.29, 0.717) is 37.3 Å². The largest absolute Gasteiger partial charge is 0.342 e. The van der Waals surface area contributed by atoms with Gasteiger partial charge in [0.25, 0.3) is 11.8 Å². The zero-order chi connectivity index (χ0) is 21.0. The fraction of sp³-hybridized carbons (Fsp3) is 0.348. The van der Waals surface area contributed by atoms with Gasteiger partial charge in [0.05, 0.1) is 0 Å². The van der Waals surface area contributed by atoms with Gasteiger partial charge in [-0.3, -0.25) is 14.4 Å². The first-order chi connectivity index (χ1) is 13.8. The maximum Gasteiger partial charge on any atom is 0.255 e.